The Hall–Kier alpha value is -3.02. The van der Waals surface area contributed by atoms with Crippen LogP contribution >= 0.6 is 0 Å². The van der Waals surface area contributed by atoms with Gasteiger partial charge in [0, 0.05) is 35.3 Å². The number of aromatic nitrogens is 3. The lowest BCUT2D eigenvalue weighted by molar-refractivity contribution is -0.270. The molecule has 3 aliphatic rings. The molecular formula is C25H29F4N5O3. The second kappa shape index (κ2) is 9.07. The molecule has 3 fully saturated rings. The summed E-state index contributed by atoms with van der Waals surface area (Å²) < 4.78 is 53.4. The largest absolute Gasteiger partial charge is 0.417 e. The lowest BCUT2D eigenvalue weighted by Gasteiger charge is -2.41. The summed E-state index contributed by atoms with van der Waals surface area (Å²) in [6.07, 6.45) is -1.91. The molecule has 5 rings (SSSR count). The number of rotatable bonds is 4. The molecule has 2 aromatic heterocycles. The number of H-pyrrole nitrogens is 1. The molecule has 2 aliphatic carbocycles. The molecule has 2 amide bonds. The third-order valence-electron chi connectivity index (χ3n) is 8.11. The Morgan fingerprint density at radius 2 is 1.86 bits per heavy atom. The van der Waals surface area contributed by atoms with Crippen molar-refractivity contribution in [2.75, 3.05) is 6.54 Å². The molecule has 1 atom stereocenters. The van der Waals surface area contributed by atoms with Crippen molar-refractivity contribution in [2.45, 2.75) is 81.6 Å². The molecule has 1 unspecified atom stereocenters. The second-order valence-corrected chi connectivity index (χ2v) is 10.7. The number of aromatic amines is 1. The summed E-state index contributed by atoms with van der Waals surface area (Å²) in [5, 5.41) is 19.5. The van der Waals surface area contributed by atoms with Crippen LogP contribution in [0.25, 0.3) is 11.3 Å². The lowest BCUT2D eigenvalue weighted by atomic mass is 9.81. The minimum absolute atomic E-state index is 0.0595. The average Bonchev–Trinajstić information content (AvgIpc) is 3.42. The van der Waals surface area contributed by atoms with E-state index in [4.69, 9.17) is 0 Å². The van der Waals surface area contributed by atoms with Gasteiger partial charge >= 0.3 is 6.18 Å². The van der Waals surface area contributed by atoms with E-state index in [0.717, 1.165) is 19.0 Å². The van der Waals surface area contributed by atoms with Crippen molar-refractivity contribution < 1.29 is 32.3 Å². The van der Waals surface area contributed by atoms with Crippen LogP contribution in [-0.2, 0) is 4.79 Å². The molecular weight excluding hydrogens is 494 g/mol. The summed E-state index contributed by atoms with van der Waals surface area (Å²) in [5.41, 5.74) is -1.73. The molecule has 2 saturated carbocycles. The molecule has 1 spiro atoms. The Labute approximate surface area is 210 Å². The lowest BCUT2D eigenvalue weighted by Crippen LogP contribution is -2.54. The maximum Gasteiger partial charge on any atom is 0.417 e. The van der Waals surface area contributed by atoms with E-state index in [-0.39, 0.29) is 41.8 Å². The number of halogens is 4. The number of hydrogen-bond donors (Lipinski definition) is 3. The van der Waals surface area contributed by atoms with Gasteiger partial charge in [-0.25, -0.2) is 4.39 Å². The average molecular weight is 524 g/mol. The van der Waals surface area contributed by atoms with Crippen molar-refractivity contribution in [1.29, 1.82) is 0 Å². The van der Waals surface area contributed by atoms with E-state index in [9.17, 15) is 32.3 Å². The smallest absolute Gasteiger partial charge is 0.380 e. The van der Waals surface area contributed by atoms with Gasteiger partial charge in [-0.1, -0.05) is 0 Å². The molecule has 3 heterocycles. The number of aryl methyl sites for hydroxylation is 1. The van der Waals surface area contributed by atoms with Crippen LogP contribution in [0.15, 0.2) is 18.3 Å². The zero-order chi connectivity index (χ0) is 26.6. The van der Waals surface area contributed by atoms with Gasteiger partial charge in [0.15, 0.2) is 11.4 Å². The van der Waals surface area contributed by atoms with E-state index < -0.39 is 42.0 Å². The Bertz CT molecular complexity index is 1200. The van der Waals surface area contributed by atoms with E-state index in [1.54, 1.807) is 17.9 Å². The number of likely N-dealkylation sites (tertiary alicyclic amines) is 1. The first-order chi connectivity index (χ1) is 17.4. The molecule has 200 valence electrons. The van der Waals surface area contributed by atoms with Crippen LogP contribution in [0, 0.1) is 18.7 Å². The zero-order valence-corrected chi connectivity index (χ0v) is 20.4. The summed E-state index contributed by atoms with van der Waals surface area (Å²) in [4.78, 5) is 31.9. The number of hydrogen-bond acceptors (Lipinski definition) is 5. The van der Waals surface area contributed by atoms with Crippen molar-refractivity contribution in [2.24, 2.45) is 5.92 Å². The van der Waals surface area contributed by atoms with E-state index >= 15 is 0 Å². The highest BCUT2D eigenvalue weighted by Crippen LogP contribution is 2.50. The SMILES string of the molecule is Cc1cc(-c2cc(C(=O)N3CCC(C(=O)NC4CCC(O)(C(F)(F)F)CC4)CC34CC4)[nH]n2)c(F)cn1. The number of alkyl halides is 3. The first kappa shape index (κ1) is 25.6. The number of amides is 2. The topological polar surface area (TPSA) is 111 Å². The summed E-state index contributed by atoms with van der Waals surface area (Å²) >= 11 is 0. The van der Waals surface area contributed by atoms with Crippen molar-refractivity contribution in [1.82, 2.24) is 25.4 Å². The van der Waals surface area contributed by atoms with E-state index in [2.05, 4.69) is 20.5 Å². The number of carbonyl (C=O) groups is 2. The second-order valence-electron chi connectivity index (χ2n) is 10.7. The first-order valence-electron chi connectivity index (χ1n) is 12.5. The van der Waals surface area contributed by atoms with Gasteiger partial charge < -0.3 is 15.3 Å². The Balaban J connectivity index is 1.20. The molecule has 3 N–H and O–H groups in total. The van der Waals surface area contributed by atoms with E-state index in [1.807, 2.05) is 0 Å². The van der Waals surface area contributed by atoms with Gasteiger partial charge in [0.25, 0.3) is 5.91 Å². The van der Waals surface area contributed by atoms with Gasteiger partial charge in [-0.2, -0.15) is 18.3 Å². The summed E-state index contributed by atoms with van der Waals surface area (Å²) in [6, 6.07) is 2.66. The minimum atomic E-state index is -4.68. The van der Waals surface area contributed by atoms with Crippen LogP contribution in [-0.4, -0.2) is 66.9 Å². The van der Waals surface area contributed by atoms with Crippen LogP contribution in [0.4, 0.5) is 17.6 Å². The van der Waals surface area contributed by atoms with Crippen molar-refractivity contribution >= 4 is 11.8 Å². The quantitative estimate of drug-likeness (QED) is 0.530. The van der Waals surface area contributed by atoms with Crippen LogP contribution in [0.2, 0.25) is 0 Å². The molecule has 1 aliphatic heterocycles. The monoisotopic (exact) mass is 523 g/mol. The van der Waals surface area contributed by atoms with Crippen LogP contribution in [0.5, 0.6) is 0 Å². The predicted molar refractivity (Wildman–Crippen MR) is 124 cm³/mol. The van der Waals surface area contributed by atoms with Gasteiger partial charge in [-0.3, -0.25) is 19.7 Å². The number of pyridine rings is 1. The fraction of sp³-hybridized carbons (Fsp3) is 0.600. The van der Waals surface area contributed by atoms with Crippen LogP contribution in [0.3, 0.4) is 0 Å². The molecule has 2 aromatic rings. The maximum absolute atomic E-state index is 14.2. The van der Waals surface area contributed by atoms with Gasteiger partial charge in [0.2, 0.25) is 5.91 Å². The minimum Gasteiger partial charge on any atom is -0.380 e. The highest BCUT2D eigenvalue weighted by molar-refractivity contribution is 5.94. The predicted octanol–water partition coefficient (Wildman–Crippen LogP) is 3.66. The normalized spacial score (nSPS) is 27.2. The van der Waals surface area contributed by atoms with Crippen molar-refractivity contribution in [3.8, 4) is 11.3 Å². The Kier molecular flexibility index (Phi) is 6.28. The highest BCUT2D eigenvalue weighted by atomic mass is 19.4. The highest BCUT2D eigenvalue weighted by Gasteiger charge is 2.56. The first-order valence-corrected chi connectivity index (χ1v) is 12.5. The maximum atomic E-state index is 14.2. The summed E-state index contributed by atoms with van der Waals surface area (Å²) in [7, 11) is 0. The van der Waals surface area contributed by atoms with E-state index in [0.29, 0.717) is 30.8 Å². The third kappa shape index (κ3) is 4.83. The van der Waals surface area contributed by atoms with Crippen molar-refractivity contribution in [3.05, 3.63) is 35.5 Å². The fourth-order valence-electron chi connectivity index (χ4n) is 5.65. The number of nitrogens with zero attached hydrogens (tertiary/aromatic N) is 3. The number of piperidine rings is 1. The van der Waals surface area contributed by atoms with Gasteiger partial charge in [-0.15, -0.1) is 0 Å². The van der Waals surface area contributed by atoms with Gasteiger partial charge in [0.05, 0.1) is 11.9 Å². The van der Waals surface area contributed by atoms with Gasteiger partial charge in [-0.05, 0) is 70.4 Å². The third-order valence-corrected chi connectivity index (χ3v) is 8.11. The number of aliphatic hydroxyl groups is 1. The molecule has 1 saturated heterocycles. The molecule has 37 heavy (non-hydrogen) atoms. The summed E-state index contributed by atoms with van der Waals surface area (Å²) in [5.74, 6) is -1.36. The number of nitrogens with one attached hydrogen (secondary N) is 2. The van der Waals surface area contributed by atoms with Crippen LogP contribution in [0.1, 0.15) is 67.5 Å². The number of carbonyl (C=O) groups excluding carboxylic acids is 2. The Morgan fingerprint density at radius 1 is 1.16 bits per heavy atom. The molecule has 0 bridgehead atoms. The molecule has 12 heteroatoms. The molecule has 0 radical (unpaired) electrons. The van der Waals surface area contributed by atoms with Crippen molar-refractivity contribution in [3.63, 3.8) is 0 Å². The Morgan fingerprint density at radius 3 is 2.51 bits per heavy atom. The van der Waals surface area contributed by atoms with Crippen LogP contribution < -0.4 is 5.32 Å². The van der Waals surface area contributed by atoms with Gasteiger partial charge in [0.1, 0.15) is 5.69 Å². The van der Waals surface area contributed by atoms with E-state index in [1.165, 1.54) is 6.07 Å². The molecule has 0 aromatic carbocycles. The molecule has 8 nitrogen and oxygen atoms in total. The standard InChI is InChI=1S/C25H29F4N5O3/c1-14-10-17(18(26)13-30-14)19-11-20(33-32-19)22(36)34-9-4-15(12-23(34)7-8-23)21(35)31-16-2-5-24(37,6-3-16)25(27,28)29/h10-11,13,15-16,37H,2-9,12H2,1H3,(H,31,35)(H,32,33). The fourth-order valence-corrected chi connectivity index (χ4v) is 5.65. The summed E-state index contributed by atoms with van der Waals surface area (Å²) in [6.45, 7) is 2.09. The zero-order valence-electron chi connectivity index (χ0n) is 20.4.